The van der Waals surface area contributed by atoms with E-state index < -0.39 is 0 Å². The van der Waals surface area contributed by atoms with Crippen LogP contribution in [0, 0.1) is 0 Å². The maximum absolute atomic E-state index is 11.9. The average Bonchev–Trinajstić information content (AvgIpc) is 2.27. The molecule has 0 spiro atoms. The molecule has 0 fully saturated rings. The van der Waals surface area contributed by atoms with Crippen molar-refractivity contribution in [1.29, 1.82) is 0 Å². The number of ketones is 1. The van der Waals surface area contributed by atoms with Gasteiger partial charge in [-0.15, -0.1) is 0 Å². The standard InChI is InChI=1S/C14H15OS.BrH/c1-16(2)10-14(15)13-8-7-11-5-3-4-6-12(11)9-13;/h3-9H,10H2,1-2H3;1H/q+1;/p-1. The lowest BCUT2D eigenvalue weighted by atomic mass is 10.1. The monoisotopic (exact) mass is 310 g/mol. The summed E-state index contributed by atoms with van der Waals surface area (Å²) in [6, 6.07) is 14.1. The van der Waals surface area contributed by atoms with Crippen LogP contribution in [0.25, 0.3) is 10.8 Å². The topological polar surface area (TPSA) is 17.1 Å². The second-order valence-electron chi connectivity index (χ2n) is 4.12. The molecule has 0 saturated carbocycles. The summed E-state index contributed by atoms with van der Waals surface area (Å²) >= 11 is 0. The van der Waals surface area contributed by atoms with Gasteiger partial charge in [-0.1, -0.05) is 36.4 Å². The van der Waals surface area contributed by atoms with Crippen LogP contribution in [0.3, 0.4) is 0 Å². The summed E-state index contributed by atoms with van der Waals surface area (Å²) in [5, 5.41) is 2.33. The highest BCUT2D eigenvalue weighted by Gasteiger charge is 2.13. The zero-order valence-corrected chi connectivity index (χ0v) is 12.3. The maximum atomic E-state index is 11.9. The quantitative estimate of drug-likeness (QED) is 0.572. The molecule has 0 unspecified atom stereocenters. The first-order valence-corrected chi connectivity index (χ1v) is 7.44. The van der Waals surface area contributed by atoms with Crippen LogP contribution in [-0.2, 0) is 10.9 Å². The number of carbonyl (C=O) groups excluding carboxylic acids is 1. The first kappa shape index (κ1) is 14.3. The second kappa shape index (κ2) is 6.22. The van der Waals surface area contributed by atoms with Gasteiger partial charge in [-0.05, 0) is 27.7 Å². The van der Waals surface area contributed by atoms with E-state index in [2.05, 4.69) is 18.6 Å². The van der Waals surface area contributed by atoms with Crippen LogP contribution >= 0.6 is 0 Å². The van der Waals surface area contributed by atoms with E-state index in [1.807, 2.05) is 36.4 Å². The number of Topliss-reactive ketones (excluding diaryl/α,β-unsaturated/α-hetero) is 1. The Morgan fingerprint density at radius 1 is 1.06 bits per heavy atom. The van der Waals surface area contributed by atoms with Crippen LogP contribution < -0.4 is 17.0 Å². The Bertz CT molecular complexity index is 522. The van der Waals surface area contributed by atoms with Crippen molar-refractivity contribution in [2.24, 2.45) is 0 Å². The van der Waals surface area contributed by atoms with Crippen molar-refractivity contribution < 1.29 is 21.8 Å². The molecule has 0 aromatic heterocycles. The number of hydrogen-bond donors (Lipinski definition) is 0. The first-order valence-electron chi connectivity index (χ1n) is 5.23. The Labute approximate surface area is 115 Å². The lowest BCUT2D eigenvalue weighted by molar-refractivity contribution is -0.0000111. The summed E-state index contributed by atoms with van der Waals surface area (Å²) in [5.74, 6) is 0.900. The fourth-order valence-electron chi connectivity index (χ4n) is 1.71. The smallest absolute Gasteiger partial charge is 0.211 e. The summed E-state index contributed by atoms with van der Waals surface area (Å²) < 4.78 is 0. The number of benzene rings is 2. The van der Waals surface area contributed by atoms with Gasteiger partial charge in [-0.2, -0.15) is 0 Å². The average molecular weight is 311 g/mol. The molecule has 17 heavy (non-hydrogen) atoms. The fraction of sp³-hybridized carbons (Fsp3) is 0.214. The summed E-state index contributed by atoms with van der Waals surface area (Å²) in [5.41, 5.74) is 0.833. The Morgan fingerprint density at radius 2 is 1.71 bits per heavy atom. The van der Waals surface area contributed by atoms with Crippen LogP contribution in [0.5, 0.6) is 0 Å². The van der Waals surface area contributed by atoms with E-state index in [1.165, 1.54) is 5.39 Å². The molecule has 0 aliphatic rings. The van der Waals surface area contributed by atoms with Crippen molar-refractivity contribution in [3.8, 4) is 0 Å². The fourth-order valence-corrected chi connectivity index (χ4v) is 2.40. The summed E-state index contributed by atoms with van der Waals surface area (Å²) in [6.07, 6.45) is 4.19. The summed E-state index contributed by atoms with van der Waals surface area (Å²) in [7, 11) is 0.171. The van der Waals surface area contributed by atoms with Crippen molar-refractivity contribution in [3.63, 3.8) is 0 Å². The SMILES string of the molecule is C[S+](C)CC(=O)c1ccc2ccccc2c1.[Br-]. The number of halogens is 1. The molecule has 2 aromatic rings. The first-order chi connectivity index (χ1) is 7.66. The highest BCUT2D eigenvalue weighted by atomic mass is 79.9. The lowest BCUT2D eigenvalue weighted by Crippen LogP contribution is -3.00. The third-order valence-electron chi connectivity index (χ3n) is 2.49. The molecule has 0 aliphatic heterocycles. The van der Waals surface area contributed by atoms with E-state index in [9.17, 15) is 4.79 Å². The Hall–Kier alpha value is -0.800. The van der Waals surface area contributed by atoms with Crippen LogP contribution in [-0.4, -0.2) is 24.0 Å². The molecule has 0 atom stereocenters. The van der Waals surface area contributed by atoms with Crippen molar-refractivity contribution in [2.75, 3.05) is 18.3 Å². The maximum Gasteiger partial charge on any atom is 0.211 e. The molecule has 0 heterocycles. The summed E-state index contributed by atoms with van der Waals surface area (Å²) in [4.78, 5) is 11.9. The minimum Gasteiger partial charge on any atom is -1.00 e. The minimum absolute atomic E-state index is 0. The molecule has 0 radical (unpaired) electrons. The molecule has 0 bridgehead atoms. The largest absolute Gasteiger partial charge is 1.00 e. The number of rotatable bonds is 3. The van der Waals surface area contributed by atoms with E-state index in [4.69, 9.17) is 0 Å². The van der Waals surface area contributed by atoms with Gasteiger partial charge in [0.2, 0.25) is 5.78 Å². The Balaban J connectivity index is 0.00000144. The molecule has 0 N–H and O–H groups in total. The van der Waals surface area contributed by atoms with Gasteiger partial charge in [-0.3, -0.25) is 4.79 Å². The van der Waals surface area contributed by atoms with Gasteiger partial charge >= 0.3 is 0 Å². The van der Waals surface area contributed by atoms with Gasteiger partial charge in [-0.25, -0.2) is 0 Å². The van der Waals surface area contributed by atoms with Gasteiger partial charge in [0.1, 0.15) is 0 Å². The lowest BCUT2D eigenvalue weighted by Gasteiger charge is -2.01. The van der Waals surface area contributed by atoms with Crippen LogP contribution in [0.1, 0.15) is 10.4 Å². The molecular formula is C14H15BrOS. The highest BCUT2D eigenvalue weighted by Crippen LogP contribution is 2.16. The Morgan fingerprint density at radius 3 is 2.35 bits per heavy atom. The number of carbonyl (C=O) groups is 1. The number of hydrogen-bond acceptors (Lipinski definition) is 1. The normalized spacial score (nSPS) is 10.3. The third-order valence-corrected chi connectivity index (χ3v) is 3.33. The third kappa shape index (κ3) is 3.58. The van der Waals surface area contributed by atoms with E-state index in [1.54, 1.807) is 0 Å². The van der Waals surface area contributed by atoms with Crippen molar-refractivity contribution in [3.05, 3.63) is 48.0 Å². The van der Waals surface area contributed by atoms with Crippen LogP contribution in [0.15, 0.2) is 42.5 Å². The number of fused-ring (bicyclic) bond motifs is 1. The molecular weight excluding hydrogens is 296 g/mol. The van der Waals surface area contributed by atoms with Crippen LogP contribution in [0.2, 0.25) is 0 Å². The van der Waals surface area contributed by atoms with Gasteiger partial charge in [0.25, 0.3) is 0 Å². The molecule has 2 aromatic carbocycles. The molecule has 1 nitrogen and oxygen atoms in total. The Kier molecular flexibility index (Phi) is 5.22. The molecule has 0 amide bonds. The van der Waals surface area contributed by atoms with E-state index in [-0.39, 0.29) is 33.7 Å². The van der Waals surface area contributed by atoms with Gasteiger partial charge in [0, 0.05) is 5.56 Å². The zero-order valence-electron chi connectivity index (χ0n) is 9.94. The van der Waals surface area contributed by atoms with E-state index >= 15 is 0 Å². The summed E-state index contributed by atoms with van der Waals surface area (Å²) in [6.45, 7) is 0. The van der Waals surface area contributed by atoms with Gasteiger partial charge in [0.05, 0.1) is 12.5 Å². The van der Waals surface area contributed by atoms with Gasteiger partial charge in [0.15, 0.2) is 5.75 Å². The molecule has 2 rings (SSSR count). The predicted octanol–water partition coefficient (Wildman–Crippen LogP) is -0.0956. The highest BCUT2D eigenvalue weighted by molar-refractivity contribution is 7.96. The minimum atomic E-state index is 0. The zero-order chi connectivity index (χ0) is 11.5. The van der Waals surface area contributed by atoms with Crippen molar-refractivity contribution in [1.82, 2.24) is 0 Å². The van der Waals surface area contributed by atoms with Crippen LogP contribution in [0.4, 0.5) is 0 Å². The molecule has 3 heteroatoms. The van der Waals surface area contributed by atoms with Gasteiger partial charge < -0.3 is 17.0 Å². The molecule has 0 saturated heterocycles. The second-order valence-corrected chi connectivity index (χ2v) is 6.37. The van der Waals surface area contributed by atoms with Crippen molar-refractivity contribution in [2.45, 2.75) is 0 Å². The molecule has 90 valence electrons. The van der Waals surface area contributed by atoms with E-state index in [0.29, 0.717) is 5.75 Å². The predicted molar refractivity (Wildman–Crippen MR) is 72.4 cm³/mol. The van der Waals surface area contributed by atoms with Crippen molar-refractivity contribution >= 4 is 27.5 Å². The molecule has 0 aliphatic carbocycles. The van der Waals surface area contributed by atoms with E-state index in [0.717, 1.165) is 10.9 Å².